The number of hydrogen-bond donors (Lipinski definition) is 0. The van der Waals surface area contributed by atoms with Crippen molar-refractivity contribution in [1.29, 1.82) is 0 Å². The highest BCUT2D eigenvalue weighted by Gasteiger charge is 2.27. The summed E-state index contributed by atoms with van der Waals surface area (Å²) in [7, 11) is 3.69. The van der Waals surface area contributed by atoms with Crippen LogP contribution in [0.25, 0.3) is 0 Å². The van der Waals surface area contributed by atoms with Crippen LogP contribution in [-0.4, -0.2) is 57.0 Å². The Labute approximate surface area is 155 Å². The largest absolute Gasteiger partial charge is 0.355 e. The summed E-state index contributed by atoms with van der Waals surface area (Å²) in [4.78, 5) is 16.6. The van der Waals surface area contributed by atoms with Gasteiger partial charge < -0.3 is 9.80 Å². The van der Waals surface area contributed by atoms with E-state index in [4.69, 9.17) is 0 Å². The number of amides is 1. The van der Waals surface area contributed by atoms with Gasteiger partial charge in [-0.2, -0.15) is 10.2 Å². The lowest BCUT2D eigenvalue weighted by atomic mass is 9.92. The van der Waals surface area contributed by atoms with E-state index in [1.54, 1.807) is 16.9 Å². The third-order valence-corrected chi connectivity index (χ3v) is 5.01. The first-order valence-electron chi connectivity index (χ1n) is 9.11. The van der Waals surface area contributed by atoms with Gasteiger partial charge in [0.15, 0.2) is 5.82 Å². The lowest BCUT2D eigenvalue weighted by molar-refractivity contribution is 0.0702. The summed E-state index contributed by atoms with van der Waals surface area (Å²) < 4.78 is 1.66. The van der Waals surface area contributed by atoms with Crippen LogP contribution in [0.3, 0.4) is 0 Å². The second-order valence-corrected chi connectivity index (χ2v) is 8.04. The smallest absolute Gasteiger partial charge is 0.274 e. The van der Waals surface area contributed by atoms with Crippen molar-refractivity contribution in [3.05, 3.63) is 35.8 Å². The molecule has 3 heterocycles. The average molecular weight is 356 g/mol. The van der Waals surface area contributed by atoms with E-state index < -0.39 is 0 Å². The molecule has 1 fully saturated rings. The van der Waals surface area contributed by atoms with Crippen LogP contribution in [0.5, 0.6) is 0 Å². The van der Waals surface area contributed by atoms with Gasteiger partial charge in [0, 0.05) is 44.8 Å². The van der Waals surface area contributed by atoms with Crippen LogP contribution >= 0.6 is 0 Å². The van der Waals surface area contributed by atoms with Gasteiger partial charge in [-0.3, -0.25) is 9.48 Å². The lowest BCUT2D eigenvalue weighted by Gasteiger charge is -2.37. The molecule has 0 bridgehead atoms. The summed E-state index contributed by atoms with van der Waals surface area (Å²) in [5, 5.41) is 13.0. The molecule has 26 heavy (non-hydrogen) atoms. The van der Waals surface area contributed by atoms with E-state index in [0.717, 1.165) is 37.4 Å². The Morgan fingerprint density at radius 3 is 2.35 bits per heavy atom. The van der Waals surface area contributed by atoms with Crippen LogP contribution in [-0.2, 0) is 12.5 Å². The van der Waals surface area contributed by atoms with E-state index in [-0.39, 0.29) is 17.4 Å². The molecule has 7 heteroatoms. The van der Waals surface area contributed by atoms with Gasteiger partial charge in [0.2, 0.25) is 0 Å². The predicted octanol–water partition coefficient (Wildman–Crippen LogP) is 2.25. The fraction of sp³-hybridized carbons (Fsp3) is 0.579. The maximum absolute atomic E-state index is 12.6. The highest BCUT2D eigenvalue weighted by atomic mass is 16.2. The molecule has 0 saturated carbocycles. The first kappa shape index (κ1) is 18.4. The van der Waals surface area contributed by atoms with Crippen LogP contribution < -0.4 is 4.90 Å². The molecule has 0 atom stereocenters. The van der Waals surface area contributed by atoms with Crippen LogP contribution in [0, 0.1) is 0 Å². The van der Waals surface area contributed by atoms with Crippen molar-refractivity contribution in [3.8, 4) is 0 Å². The number of carbonyl (C=O) groups is 1. The molecule has 0 aliphatic carbocycles. The van der Waals surface area contributed by atoms with E-state index >= 15 is 0 Å². The molecule has 3 rings (SSSR count). The monoisotopic (exact) mass is 356 g/mol. The summed E-state index contributed by atoms with van der Waals surface area (Å²) >= 11 is 0. The quantitative estimate of drug-likeness (QED) is 0.844. The van der Waals surface area contributed by atoms with E-state index in [1.807, 2.05) is 19.0 Å². The van der Waals surface area contributed by atoms with E-state index in [0.29, 0.717) is 5.69 Å². The minimum Gasteiger partial charge on any atom is -0.355 e. The lowest BCUT2D eigenvalue weighted by Crippen LogP contribution is -2.46. The second kappa shape index (κ2) is 7.05. The molecular formula is C19H28N6O. The normalized spacial score (nSPS) is 16.0. The van der Waals surface area contributed by atoms with Gasteiger partial charge in [-0.1, -0.05) is 20.8 Å². The Bertz CT molecular complexity index is 753. The molecule has 1 aliphatic rings. The molecule has 0 aromatic carbocycles. The van der Waals surface area contributed by atoms with E-state index in [1.165, 1.54) is 0 Å². The molecule has 140 valence electrons. The summed E-state index contributed by atoms with van der Waals surface area (Å²) in [6.45, 7) is 8.14. The first-order valence-corrected chi connectivity index (χ1v) is 9.11. The van der Waals surface area contributed by atoms with E-state index in [9.17, 15) is 4.79 Å². The highest BCUT2D eigenvalue weighted by molar-refractivity contribution is 5.92. The topological polar surface area (TPSA) is 67.2 Å². The maximum Gasteiger partial charge on any atom is 0.274 e. The summed E-state index contributed by atoms with van der Waals surface area (Å²) in [5.41, 5.74) is 1.51. The molecule has 1 aliphatic heterocycles. The summed E-state index contributed by atoms with van der Waals surface area (Å²) in [6.07, 6.45) is 3.62. The predicted molar refractivity (Wildman–Crippen MR) is 101 cm³/mol. The Balaban J connectivity index is 1.59. The Morgan fingerprint density at radius 2 is 1.85 bits per heavy atom. The number of anilines is 1. The second-order valence-electron chi connectivity index (χ2n) is 8.04. The molecule has 2 aromatic heterocycles. The number of rotatable bonds is 3. The number of piperidine rings is 1. The SMILES string of the molecule is CN(C(=O)c1ccn(C)n1)C1CCN(c2ccc(C(C)(C)C)nn2)CC1. The highest BCUT2D eigenvalue weighted by Crippen LogP contribution is 2.24. The van der Waals surface area contributed by atoms with Crippen molar-refractivity contribution in [2.24, 2.45) is 7.05 Å². The minimum absolute atomic E-state index is 0.00701. The molecule has 2 aromatic rings. The molecule has 7 nitrogen and oxygen atoms in total. The van der Waals surface area contributed by atoms with Gasteiger partial charge in [-0.25, -0.2) is 0 Å². The fourth-order valence-electron chi connectivity index (χ4n) is 3.25. The van der Waals surface area contributed by atoms with Crippen molar-refractivity contribution in [3.63, 3.8) is 0 Å². The number of aryl methyl sites for hydroxylation is 1. The van der Waals surface area contributed by atoms with Crippen molar-refractivity contribution in [2.75, 3.05) is 25.0 Å². The molecule has 1 amide bonds. The first-order chi connectivity index (χ1) is 12.3. The molecule has 0 radical (unpaired) electrons. The molecule has 0 spiro atoms. The third kappa shape index (κ3) is 3.86. The minimum atomic E-state index is -0.0154. The van der Waals surface area contributed by atoms with Gasteiger partial charge in [-0.05, 0) is 31.0 Å². The van der Waals surface area contributed by atoms with Crippen molar-refractivity contribution < 1.29 is 4.79 Å². The Kier molecular flexibility index (Phi) is 4.98. The molecule has 0 N–H and O–H groups in total. The fourth-order valence-corrected chi connectivity index (χ4v) is 3.25. The van der Waals surface area contributed by atoms with Crippen molar-refractivity contribution >= 4 is 11.7 Å². The number of hydrogen-bond acceptors (Lipinski definition) is 5. The Morgan fingerprint density at radius 1 is 1.15 bits per heavy atom. The number of aromatic nitrogens is 4. The summed E-state index contributed by atoms with van der Waals surface area (Å²) in [5.74, 6) is 0.897. The standard InChI is InChI=1S/C19H28N6O/c1-19(2,3)16-6-7-17(21-20-16)25-12-8-14(9-13-25)24(5)18(26)15-10-11-23(4)22-15/h6-7,10-11,14H,8-9,12-13H2,1-5H3. The average Bonchev–Trinajstić information content (AvgIpc) is 3.06. The van der Waals surface area contributed by atoms with Crippen LogP contribution in [0.2, 0.25) is 0 Å². The van der Waals surface area contributed by atoms with Gasteiger partial charge in [0.05, 0.1) is 5.69 Å². The van der Waals surface area contributed by atoms with Gasteiger partial charge >= 0.3 is 0 Å². The molecule has 0 unspecified atom stereocenters. The zero-order chi connectivity index (χ0) is 18.9. The Hall–Kier alpha value is -2.44. The van der Waals surface area contributed by atoms with Crippen LogP contribution in [0.1, 0.15) is 49.8 Å². The van der Waals surface area contributed by atoms with Crippen molar-refractivity contribution in [2.45, 2.75) is 45.1 Å². The zero-order valence-electron chi connectivity index (χ0n) is 16.3. The van der Waals surface area contributed by atoms with Gasteiger partial charge in [0.25, 0.3) is 5.91 Å². The van der Waals surface area contributed by atoms with Gasteiger partial charge in [-0.15, -0.1) is 5.10 Å². The maximum atomic E-state index is 12.6. The summed E-state index contributed by atoms with van der Waals surface area (Å²) in [6, 6.07) is 6.10. The number of carbonyl (C=O) groups excluding carboxylic acids is 1. The van der Waals surface area contributed by atoms with E-state index in [2.05, 4.69) is 53.1 Å². The third-order valence-electron chi connectivity index (χ3n) is 5.01. The zero-order valence-corrected chi connectivity index (χ0v) is 16.3. The number of nitrogens with zero attached hydrogens (tertiary/aromatic N) is 6. The molecular weight excluding hydrogens is 328 g/mol. The van der Waals surface area contributed by atoms with Crippen LogP contribution in [0.4, 0.5) is 5.82 Å². The van der Waals surface area contributed by atoms with Gasteiger partial charge in [0.1, 0.15) is 5.69 Å². The molecule has 1 saturated heterocycles. The van der Waals surface area contributed by atoms with Crippen LogP contribution in [0.15, 0.2) is 24.4 Å². The van der Waals surface area contributed by atoms with Crippen molar-refractivity contribution in [1.82, 2.24) is 24.9 Å².